The zero-order chi connectivity index (χ0) is 18.4. The molecule has 0 bridgehead atoms. The summed E-state index contributed by atoms with van der Waals surface area (Å²) in [6.07, 6.45) is 5.82. The van der Waals surface area contributed by atoms with Crippen molar-refractivity contribution in [2.75, 3.05) is 11.4 Å². The standard InChI is InChI=1S/C22H21N3O2.ClH/c26-16-11-9-15(10-12-16)18-13-24(20-7-3-1-5-17(18)20)22(27)25-14-23-19-6-2-4-8-21(19)25;/h1,3,5,7,9-12,14,18,26H,2,4,6,8,13H2;1H. The van der Waals surface area contributed by atoms with Gasteiger partial charge in [-0.3, -0.25) is 9.47 Å². The molecule has 1 amide bonds. The van der Waals surface area contributed by atoms with E-state index in [0.717, 1.165) is 53.9 Å². The smallest absolute Gasteiger partial charge is 0.334 e. The van der Waals surface area contributed by atoms with E-state index in [0.29, 0.717) is 6.54 Å². The van der Waals surface area contributed by atoms with Gasteiger partial charge in [0.15, 0.2) is 0 Å². The van der Waals surface area contributed by atoms with Crippen LogP contribution in [0.2, 0.25) is 0 Å². The monoisotopic (exact) mass is 395 g/mol. The molecule has 1 aliphatic heterocycles. The third kappa shape index (κ3) is 2.96. The van der Waals surface area contributed by atoms with Gasteiger partial charge in [0.05, 0.1) is 11.4 Å². The van der Waals surface area contributed by atoms with Gasteiger partial charge in [-0.05, 0) is 55.0 Å². The molecule has 1 unspecified atom stereocenters. The van der Waals surface area contributed by atoms with Crippen LogP contribution in [0.5, 0.6) is 5.75 Å². The number of hydrogen-bond acceptors (Lipinski definition) is 3. The molecule has 5 rings (SSSR count). The van der Waals surface area contributed by atoms with Gasteiger partial charge in [0.2, 0.25) is 0 Å². The summed E-state index contributed by atoms with van der Waals surface area (Å²) in [5.74, 6) is 0.355. The fourth-order valence-electron chi connectivity index (χ4n) is 4.34. The predicted octanol–water partition coefficient (Wildman–Crippen LogP) is 4.51. The molecule has 0 saturated carbocycles. The van der Waals surface area contributed by atoms with Gasteiger partial charge >= 0.3 is 6.03 Å². The Labute approximate surface area is 170 Å². The minimum atomic E-state index is -0.0284. The van der Waals surface area contributed by atoms with Gasteiger partial charge in [0, 0.05) is 18.2 Å². The second-order valence-electron chi connectivity index (χ2n) is 7.31. The number of nitrogens with zero attached hydrogens (tertiary/aromatic N) is 3. The van der Waals surface area contributed by atoms with Crippen LogP contribution in [0.4, 0.5) is 10.5 Å². The third-order valence-corrected chi connectivity index (χ3v) is 5.73. The Morgan fingerprint density at radius 2 is 1.79 bits per heavy atom. The van der Waals surface area contributed by atoms with E-state index in [2.05, 4.69) is 11.1 Å². The van der Waals surface area contributed by atoms with Crippen molar-refractivity contribution in [1.29, 1.82) is 0 Å². The van der Waals surface area contributed by atoms with Crippen LogP contribution < -0.4 is 4.90 Å². The van der Waals surface area contributed by atoms with Crippen LogP contribution in [0.25, 0.3) is 0 Å². The summed E-state index contributed by atoms with van der Waals surface area (Å²) in [5.41, 5.74) is 5.33. The fourth-order valence-corrected chi connectivity index (χ4v) is 4.34. The lowest BCUT2D eigenvalue weighted by Crippen LogP contribution is -2.34. The van der Waals surface area contributed by atoms with Crippen LogP contribution in [0, 0.1) is 0 Å². The van der Waals surface area contributed by atoms with Crippen molar-refractivity contribution in [2.45, 2.75) is 31.6 Å². The molecule has 1 atom stereocenters. The molecule has 3 aromatic rings. The molecule has 0 spiro atoms. The van der Waals surface area contributed by atoms with Crippen LogP contribution in [0.3, 0.4) is 0 Å². The molecule has 144 valence electrons. The summed E-state index contributed by atoms with van der Waals surface area (Å²) in [6, 6.07) is 15.3. The van der Waals surface area contributed by atoms with E-state index in [1.54, 1.807) is 23.0 Å². The number of halogens is 1. The lowest BCUT2D eigenvalue weighted by molar-refractivity contribution is 0.247. The van der Waals surface area contributed by atoms with Gasteiger partial charge in [0.1, 0.15) is 12.1 Å². The summed E-state index contributed by atoms with van der Waals surface area (Å²) < 4.78 is 1.74. The molecule has 6 heteroatoms. The highest BCUT2D eigenvalue weighted by Crippen LogP contribution is 2.40. The number of amides is 1. The molecule has 0 radical (unpaired) electrons. The molecule has 1 aromatic heterocycles. The van der Waals surface area contributed by atoms with E-state index in [4.69, 9.17) is 0 Å². The van der Waals surface area contributed by atoms with Crippen molar-refractivity contribution in [3.63, 3.8) is 0 Å². The van der Waals surface area contributed by atoms with Crippen molar-refractivity contribution in [3.05, 3.63) is 77.4 Å². The van der Waals surface area contributed by atoms with E-state index in [1.165, 1.54) is 0 Å². The highest BCUT2D eigenvalue weighted by molar-refractivity contribution is 5.97. The maximum atomic E-state index is 13.4. The first-order valence-electron chi connectivity index (χ1n) is 9.47. The number of anilines is 1. The molecular weight excluding hydrogens is 374 g/mol. The number of imidazole rings is 1. The molecular formula is C22H22ClN3O2. The fraction of sp³-hybridized carbons (Fsp3) is 0.273. The Kier molecular flexibility index (Phi) is 4.85. The average molecular weight is 396 g/mol. The molecule has 2 aromatic carbocycles. The van der Waals surface area contributed by atoms with E-state index in [9.17, 15) is 9.90 Å². The molecule has 0 saturated heterocycles. The number of rotatable bonds is 1. The first-order chi connectivity index (χ1) is 13.2. The maximum absolute atomic E-state index is 13.4. The Morgan fingerprint density at radius 1 is 1.04 bits per heavy atom. The van der Waals surface area contributed by atoms with Crippen LogP contribution in [0.1, 0.15) is 41.3 Å². The van der Waals surface area contributed by atoms with E-state index in [1.807, 2.05) is 35.2 Å². The number of aryl methyl sites for hydroxylation is 1. The van der Waals surface area contributed by atoms with Gasteiger partial charge in [-0.1, -0.05) is 30.3 Å². The van der Waals surface area contributed by atoms with Gasteiger partial charge < -0.3 is 5.11 Å². The minimum Gasteiger partial charge on any atom is -0.508 e. The first-order valence-corrected chi connectivity index (χ1v) is 9.47. The molecule has 1 N–H and O–H groups in total. The van der Waals surface area contributed by atoms with Gasteiger partial charge in [0.25, 0.3) is 0 Å². The van der Waals surface area contributed by atoms with E-state index >= 15 is 0 Å². The molecule has 2 heterocycles. The van der Waals surface area contributed by atoms with Crippen LogP contribution in [-0.2, 0) is 12.8 Å². The zero-order valence-corrected chi connectivity index (χ0v) is 16.2. The van der Waals surface area contributed by atoms with Crippen molar-refractivity contribution >= 4 is 24.1 Å². The summed E-state index contributed by atoms with van der Waals surface area (Å²) in [7, 11) is 0. The van der Waals surface area contributed by atoms with Crippen LogP contribution in [-0.4, -0.2) is 27.2 Å². The van der Waals surface area contributed by atoms with Crippen LogP contribution in [0.15, 0.2) is 54.9 Å². The number of aromatic nitrogens is 2. The average Bonchev–Trinajstić information content (AvgIpc) is 3.30. The number of carbonyl (C=O) groups excluding carboxylic acids is 1. The highest BCUT2D eigenvalue weighted by atomic mass is 35.5. The van der Waals surface area contributed by atoms with Gasteiger partial charge in [-0.15, -0.1) is 12.4 Å². The summed E-state index contributed by atoms with van der Waals surface area (Å²) in [6.45, 7) is 0.593. The van der Waals surface area contributed by atoms with E-state index in [-0.39, 0.29) is 30.1 Å². The molecule has 5 nitrogen and oxygen atoms in total. The number of phenolic OH excluding ortho intramolecular Hbond substituents is 1. The number of aromatic hydroxyl groups is 1. The second kappa shape index (κ2) is 7.32. The molecule has 0 fully saturated rings. The normalized spacial score (nSPS) is 17.6. The van der Waals surface area contributed by atoms with Gasteiger partial charge in [-0.2, -0.15) is 0 Å². The number of hydrogen-bond donors (Lipinski definition) is 1. The highest BCUT2D eigenvalue weighted by Gasteiger charge is 2.34. The van der Waals surface area contributed by atoms with E-state index < -0.39 is 0 Å². The van der Waals surface area contributed by atoms with Gasteiger partial charge in [-0.25, -0.2) is 9.78 Å². The SMILES string of the molecule is Cl.O=C(N1CC(c2ccc(O)cc2)c2ccccc21)n1cnc2c1CCCC2. The van der Waals surface area contributed by atoms with Crippen molar-refractivity contribution in [1.82, 2.24) is 9.55 Å². The quantitative estimate of drug-likeness (QED) is 0.659. The Balaban J connectivity index is 0.00000192. The number of benzene rings is 2. The Morgan fingerprint density at radius 3 is 2.61 bits per heavy atom. The van der Waals surface area contributed by atoms with Crippen molar-refractivity contribution in [3.8, 4) is 5.75 Å². The molecule has 1 aliphatic carbocycles. The summed E-state index contributed by atoms with van der Waals surface area (Å²) in [4.78, 5) is 19.7. The minimum absolute atomic E-state index is 0. The zero-order valence-electron chi connectivity index (χ0n) is 15.4. The number of carbonyl (C=O) groups is 1. The topological polar surface area (TPSA) is 58.4 Å². The number of fused-ring (bicyclic) bond motifs is 2. The van der Waals surface area contributed by atoms with Crippen LogP contribution >= 0.6 is 12.4 Å². The second-order valence-corrected chi connectivity index (χ2v) is 7.31. The lowest BCUT2D eigenvalue weighted by Gasteiger charge is -2.21. The molecule has 28 heavy (non-hydrogen) atoms. The Hall–Kier alpha value is -2.79. The summed E-state index contributed by atoms with van der Waals surface area (Å²) >= 11 is 0. The third-order valence-electron chi connectivity index (χ3n) is 5.73. The number of phenols is 1. The maximum Gasteiger partial charge on any atom is 0.334 e. The predicted molar refractivity (Wildman–Crippen MR) is 111 cm³/mol. The first kappa shape index (κ1) is 18.6. The largest absolute Gasteiger partial charge is 0.508 e. The summed E-state index contributed by atoms with van der Waals surface area (Å²) in [5, 5.41) is 9.60. The van der Waals surface area contributed by atoms with Crippen molar-refractivity contribution < 1.29 is 9.90 Å². The van der Waals surface area contributed by atoms with Crippen molar-refractivity contribution in [2.24, 2.45) is 0 Å². The lowest BCUT2D eigenvalue weighted by atomic mass is 9.93. The molecule has 2 aliphatic rings. The number of para-hydroxylation sites is 1. The Bertz CT molecular complexity index is 1010.